The Morgan fingerprint density at radius 3 is 2.55 bits per heavy atom. The molecule has 0 fully saturated rings. The molecule has 0 bridgehead atoms. The number of hydrogen-bond donors (Lipinski definition) is 1. The van der Waals surface area contributed by atoms with Crippen molar-refractivity contribution in [2.75, 3.05) is 13.6 Å². The van der Waals surface area contributed by atoms with Gasteiger partial charge in [-0.1, -0.05) is 18.2 Å². The van der Waals surface area contributed by atoms with Crippen LogP contribution in [-0.4, -0.2) is 29.6 Å². The van der Waals surface area contributed by atoms with E-state index >= 15 is 0 Å². The van der Waals surface area contributed by atoms with Gasteiger partial charge in [0.25, 0.3) is 0 Å². The average Bonchev–Trinajstić information content (AvgIpc) is 2.92. The highest BCUT2D eigenvalue weighted by Gasteiger charge is 2.16. The number of benzene rings is 1. The summed E-state index contributed by atoms with van der Waals surface area (Å²) >= 11 is 1.75. The number of hydrogen-bond acceptors (Lipinski definition) is 3. The maximum Gasteiger partial charge on any atom is 0.123 e. The fourth-order valence-electron chi connectivity index (χ4n) is 2.12. The SMILES string of the molecule is CC(Cc1cccs1)N(C)CC(O)c1ccc(F)cc1. The van der Waals surface area contributed by atoms with Crippen LogP contribution in [0.4, 0.5) is 4.39 Å². The van der Waals surface area contributed by atoms with Crippen LogP contribution in [0.25, 0.3) is 0 Å². The van der Waals surface area contributed by atoms with Crippen LogP contribution in [0.2, 0.25) is 0 Å². The molecule has 0 saturated heterocycles. The topological polar surface area (TPSA) is 23.5 Å². The molecule has 0 aliphatic heterocycles. The van der Waals surface area contributed by atoms with Crippen molar-refractivity contribution in [2.45, 2.75) is 25.5 Å². The van der Waals surface area contributed by atoms with Crippen molar-refractivity contribution in [3.8, 4) is 0 Å². The number of rotatable bonds is 6. The summed E-state index contributed by atoms with van der Waals surface area (Å²) in [4.78, 5) is 3.48. The van der Waals surface area contributed by atoms with Crippen molar-refractivity contribution in [1.82, 2.24) is 4.90 Å². The quantitative estimate of drug-likeness (QED) is 0.881. The average molecular weight is 293 g/mol. The third kappa shape index (κ3) is 4.13. The Bertz CT molecular complexity index is 512. The Morgan fingerprint density at radius 1 is 1.25 bits per heavy atom. The van der Waals surface area contributed by atoms with Gasteiger partial charge in [-0.05, 0) is 49.5 Å². The Labute approximate surface area is 123 Å². The molecule has 1 N–H and O–H groups in total. The van der Waals surface area contributed by atoms with Gasteiger partial charge >= 0.3 is 0 Å². The van der Waals surface area contributed by atoms with Crippen molar-refractivity contribution in [2.24, 2.45) is 0 Å². The molecule has 1 heterocycles. The molecule has 0 aliphatic carbocycles. The Balaban J connectivity index is 1.89. The monoisotopic (exact) mass is 293 g/mol. The summed E-state index contributed by atoms with van der Waals surface area (Å²) in [7, 11) is 2.00. The lowest BCUT2D eigenvalue weighted by Gasteiger charge is -2.27. The van der Waals surface area contributed by atoms with E-state index in [4.69, 9.17) is 0 Å². The van der Waals surface area contributed by atoms with Gasteiger partial charge in [0, 0.05) is 17.5 Å². The van der Waals surface area contributed by atoms with Crippen molar-refractivity contribution >= 4 is 11.3 Å². The first-order valence-corrected chi connectivity index (χ1v) is 7.60. The molecule has 4 heteroatoms. The maximum absolute atomic E-state index is 12.9. The van der Waals surface area contributed by atoms with Crippen molar-refractivity contribution < 1.29 is 9.50 Å². The lowest BCUT2D eigenvalue weighted by atomic mass is 10.1. The lowest BCUT2D eigenvalue weighted by Crippen LogP contribution is -2.34. The van der Waals surface area contributed by atoms with E-state index in [1.165, 1.54) is 17.0 Å². The molecule has 0 saturated carbocycles. The van der Waals surface area contributed by atoms with Crippen molar-refractivity contribution in [3.05, 3.63) is 58.0 Å². The second-order valence-electron chi connectivity index (χ2n) is 5.14. The number of thiophene rings is 1. The Morgan fingerprint density at radius 2 is 1.95 bits per heavy atom. The predicted molar refractivity (Wildman–Crippen MR) is 81.5 cm³/mol. The zero-order chi connectivity index (χ0) is 14.5. The minimum atomic E-state index is -0.591. The van der Waals surface area contributed by atoms with Crippen molar-refractivity contribution in [1.29, 1.82) is 0 Å². The number of nitrogens with zero attached hydrogens (tertiary/aromatic N) is 1. The third-order valence-electron chi connectivity index (χ3n) is 3.54. The summed E-state index contributed by atoms with van der Waals surface area (Å²) in [5.41, 5.74) is 0.751. The molecule has 2 rings (SSSR count). The zero-order valence-corrected chi connectivity index (χ0v) is 12.6. The van der Waals surface area contributed by atoms with Crippen LogP contribution in [0.3, 0.4) is 0 Å². The van der Waals surface area contributed by atoms with E-state index < -0.39 is 6.10 Å². The molecule has 0 amide bonds. The summed E-state index contributed by atoms with van der Waals surface area (Å²) in [5, 5.41) is 12.3. The molecule has 2 nitrogen and oxygen atoms in total. The minimum Gasteiger partial charge on any atom is -0.387 e. The first-order valence-electron chi connectivity index (χ1n) is 6.72. The maximum atomic E-state index is 12.9. The third-order valence-corrected chi connectivity index (χ3v) is 4.44. The van der Waals surface area contributed by atoms with E-state index in [-0.39, 0.29) is 5.82 Å². The van der Waals surface area contributed by atoms with Crippen LogP contribution < -0.4 is 0 Å². The number of aliphatic hydroxyl groups is 1. The van der Waals surface area contributed by atoms with Crippen LogP contribution in [0, 0.1) is 5.82 Å². The van der Waals surface area contributed by atoms with Crippen molar-refractivity contribution in [3.63, 3.8) is 0 Å². The smallest absolute Gasteiger partial charge is 0.123 e. The second kappa shape index (κ2) is 6.97. The molecule has 2 atom stereocenters. The molecule has 1 aromatic carbocycles. The van der Waals surface area contributed by atoms with Gasteiger partial charge in [-0.25, -0.2) is 4.39 Å². The molecule has 1 aromatic heterocycles. The van der Waals surface area contributed by atoms with E-state index in [0.29, 0.717) is 12.6 Å². The highest BCUT2D eigenvalue weighted by atomic mass is 32.1. The molecule has 0 aliphatic rings. The number of aliphatic hydroxyl groups excluding tert-OH is 1. The Kier molecular flexibility index (Phi) is 5.29. The van der Waals surface area contributed by atoms with Gasteiger partial charge in [0.1, 0.15) is 5.82 Å². The second-order valence-corrected chi connectivity index (χ2v) is 6.17. The van der Waals surface area contributed by atoms with E-state index in [1.54, 1.807) is 23.5 Å². The first kappa shape index (κ1) is 15.2. The summed E-state index contributed by atoms with van der Waals surface area (Å²) in [6.45, 7) is 2.69. The van der Waals surface area contributed by atoms with Crippen LogP contribution in [-0.2, 0) is 6.42 Å². The summed E-state index contributed by atoms with van der Waals surface area (Å²) in [6, 6.07) is 10.6. The summed E-state index contributed by atoms with van der Waals surface area (Å²) < 4.78 is 12.9. The normalized spacial score (nSPS) is 14.4. The summed E-state index contributed by atoms with van der Waals surface area (Å²) in [6.07, 6.45) is 0.385. The fourth-order valence-corrected chi connectivity index (χ4v) is 2.95. The standard InChI is InChI=1S/C16H20FNOS/c1-12(10-15-4-3-9-20-15)18(2)11-16(19)13-5-7-14(17)8-6-13/h3-9,12,16,19H,10-11H2,1-2H3. The number of halogens is 1. The molecule has 20 heavy (non-hydrogen) atoms. The van der Waals surface area contributed by atoms with E-state index in [0.717, 1.165) is 12.0 Å². The number of likely N-dealkylation sites (N-methyl/N-ethyl adjacent to an activating group) is 1. The zero-order valence-electron chi connectivity index (χ0n) is 11.8. The van der Waals surface area contributed by atoms with Crippen LogP contribution in [0.5, 0.6) is 0 Å². The Hall–Kier alpha value is -1.23. The molecule has 2 aromatic rings. The molecule has 108 valence electrons. The summed E-state index contributed by atoms with van der Waals surface area (Å²) in [5.74, 6) is -0.277. The molecule has 0 spiro atoms. The van der Waals surface area contributed by atoms with Gasteiger partial charge in [0.15, 0.2) is 0 Å². The van der Waals surface area contributed by atoms with Gasteiger partial charge < -0.3 is 10.0 Å². The molecular weight excluding hydrogens is 273 g/mol. The van der Waals surface area contributed by atoms with Gasteiger partial charge in [-0.15, -0.1) is 11.3 Å². The van der Waals surface area contributed by atoms with Crippen LogP contribution in [0.15, 0.2) is 41.8 Å². The molecular formula is C16H20FNOS. The molecule has 2 unspecified atom stereocenters. The van der Waals surface area contributed by atoms with E-state index in [1.807, 2.05) is 7.05 Å². The highest BCUT2D eigenvalue weighted by molar-refractivity contribution is 7.09. The largest absolute Gasteiger partial charge is 0.387 e. The van der Waals surface area contributed by atoms with Crippen LogP contribution >= 0.6 is 11.3 Å². The van der Waals surface area contributed by atoms with Crippen LogP contribution in [0.1, 0.15) is 23.5 Å². The fraction of sp³-hybridized carbons (Fsp3) is 0.375. The van der Waals surface area contributed by atoms with E-state index in [2.05, 4.69) is 29.3 Å². The van der Waals surface area contributed by atoms with Gasteiger partial charge in [-0.3, -0.25) is 0 Å². The lowest BCUT2D eigenvalue weighted by molar-refractivity contribution is 0.108. The molecule has 0 radical (unpaired) electrons. The van der Waals surface area contributed by atoms with Gasteiger partial charge in [0.2, 0.25) is 0 Å². The minimum absolute atomic E-state index is 0.277. The van der Waals surface area contributed by atoms with Gasteiger partial charge in [0.05, 0.1) is 6.10 Å². The van der Waals surface area contributed by atoms with E-state index in [9.17, 15) is 9.50 Å². The van der Waals surface area contributed by atoms with Gasteiger partial charge in [-0.2, -0.15) is 0 Å². The predicted octanol–water partition coefficient (Wildman–Crippen LogP) is 3.48. The highest BCUT2D eigenvalue weighted by Crippen LogP contribution is 2.18. The first-order chi connectivity index (χ1) is 9.56.